The van der Waals surface area contributed by atoms with Gasteiger partial charge in [0, 0.05) is 18.1 Å². The van der Waals surface area contributed by atoms with Gasteiger partial charge in [-0.3, -0.25) is 4.79 Å². The number of fused-ring (bicyclic) bond motifs is 2. The van der Waals surface area contributed by atoms with Crippen molar-refractivity contribution in [2.45, 2.75) is 43.5 Å². The summed E-state index contributed by atoms with van der Waals surface area (Å²) in [6.45, 7) is 1.67. The third-order valence-corrected chi connectivity index (χ3v) is 8.50. The summed E-state index contributed by atoms with van der Waals surface area (Å²) in [5, 5.41) is 0.698. The Morgan fingerprint density at radius 1 is 1.18 bits per heavy atom. The molecular formula is C25H31ClN2O5S. The first-order chi connectivity index (χ1) is 16.3. The van der Waals surface area contributed by atoms with Crippen LogP contribution < -0.4 is 14.4 Å². The number of benzene rings is 2. The highest BCUT2D eigenvalue weighted by molar-refractivity contribution is 7.89. The average molecular weight is 507 g/mol. The smallest absolute Gasteiger partial charge is 0.309 e. The van der Waals surface area contributed by atoms with Crippen molar-refractivity contribution in [2.75, 3.05) is 32.2 Å². The van der Waals surface area contributed by atoms with E-state index in [2.05, 4.69) is 9.62 Å². The van der Waals surface area contributed by atoms with E-state index in [0.717, 1.165) is 37.7 Å². The molecule has 2 atom stereocenters. The van der Waals surface area contributed by atoms with Crippen molar-refractivity contribution in [1.82, 2.24) is 4.72 Å². The van der Waals surface area contributed by atoms with Gasteiger partial charge in [-0.2, -0.15) is 0 Å². The predicted octanol–water partition coefficient (Wildman–Crippen LogP) is 4.17. The normalized spacial score (nSPS) is 20.7. The van der Waals surface area contributed by atoms with Gasteiger partial charge in [0.25, 0.3) is 0 Å². The number of carbonyl (C=O) groups excluding carboxylic acids is 1. The van der Waals surface area contributed by atoms with Crippen molar-refractivity contribution < 1.29 is 22.7 Å². The van der Waals surface area contributed by atoms with Crippen LogP contribution in [0.15, 0.2) is 41.3 Å². The SMILES string of the molecule is CNS(=O)(=O)c1ccc2c(c1)N(C[C@@H]1CC[C@H]1C(=O)OC)Cc1ccc(Cl)cc1CCCCO2. The number of rotatable bonds is 5. The number of anilines is 1. The molecule has 0 unspecified atom stereocenters. The molecule has 9 heteroatoms. The number of aryl methyl sites for hydroxylation is 1. The molecule has 1 fully saturated rings. The third-order valence-electron chi connectivity index (χ3n) is 6.85. The average Bonchev–Trinajstić information content (AvgIpc) is 2.84. The van der Waals surface area contributed by atoms with Crippen molar-refractivity contribution in [3.05, 3.63) is 52.5 Å². The van der Waals surface area contributed by atoms with Crippen molar-refractivity contribution in [3.63, 3.8) is 0 Å². The maximum atomic E-state index is 12.6. The van der Waals surface area contributed by atoms with Crippen LogP contribution in [0, 0.1) is 11.8 Å². The maximum Gasteiger partial charge on any atom is 0.309 e. The highest BCUT2D eigenvalue weighted by Crippen LogP contribution is 2.40. The minimum atomic E-state index is -3.64. The van der Waals surface area contributed by atoms with Gasteiger partial charge in [0.05, 0.1) is 30.2 Å². The minimum Gasteiger partial charge on any atom is -0.491 e. The summed E-state index contributed by atoms with van der Waals surface area (Å²) in [6.07, 6.45) is 4.43. The van der Waals surface area contributed by atoms with Crippen molar-refractivity contribution in [2.24, 2.45) is 11.8 Å². The summed E-state index contributed by atoms with van der Waals surface area (Å²) < 4.78 is 38.7. The van der Waals surface area contributed by atoms with E-state index in [9.17, 15) is 13.2 Å². The summed E-state index contributed by atoms with van der Waals surface area (Å²) in [6, 6.07) is 10.9. The van der Waals surface area contributed by atoms with Crippen LogP contribution in [-0.2, 0) is 32.5 Å². The molecule has 34 heavy (non-hydrogen) atoms. The Balaban J connectivity index is 1.78. The fourth-order valence-corrected chi connectivity index (χ4v) is 5.66. The van der Waals surface area contributed by atoms with Gasteiger partial charge in [-0.25, -0.2) is 13.1 Å². The highest BCUT2D eigenvalue weighted by atomic mass is 35.5. The number of hydrogen-bond acceptors (Lipinski definition) is 6. The number of esters is 1. The Morgan fingerprint density at radius 3 is 2.71 bits per heavy atom. The van der Waals surface area contributed by atoms with Crippen LogP contribution in [0.4, 0.5) is 5.69 Å². The molecule has 7 nitrogen and oxygen atoms in total. The van der Waals surface area contributed by atoms with E-state index in [1.807, 2.05) is 18.2 Å². The summed E-state index contributed by atoms with van der Waals surface area (Å²) in [5.74, 6) is 0.415. The fourth-order valence-electron chi connectivity index (χ4n) is 4.72. The molecule has 184 valence electrons. The quantitative estimate of drug-likeness (QED) is 0.613. The zero-order chi connectivity index (χ0) is 24.3. The molecule has 0 spiro atoms. The number of nitrogens with zero attached hydrogens (tertiary/aromatic N) is 1. The summed E-state index contributed by atoms with van der Waals surface area (Å²) >= 11 is 6.30. The first kappa shape index (κ1) is 24.8. The van der Waals surface area contributed by atoms with Crippen LogP contribution in [0.1, 0.15) is 36.8 Å². The van der Waals surface area contributed by atoms with E-state index in [1.165, 1.54) is 19.7 Å². The molecule has 2 aromatic carbocycles. The van der Waals surface area contributed by atoms with Crippen LogP contribution in [0.5, 0.6) is 5.75 Å². The van der Waals surface area contributed by atoms with Crippen molar-refractivity contribution in [1.29, 1.82) is 0 Å². The van der Waals surface area contributed by atoms with Crippen molar-refractivity contribution in [3.8, 4) is 5.75 Å². The van der Waals surface area contributed by atoms with E-state index in [-0.39, 0.29) is 22.7 Å². The standard InChI is InChI=1S/C25H31ClN2O5S/c1-27-34(30,31)21-9-11-24-23(14-21)28(16-19-7-10-22(19)25(29)32-2)15-18-6-8-20(26)13-17(18)5-3-4-12-33-24/h6,8-9,11,13-14,19,22,27H,3-5,7,10,12,15-16H2,1-2H3/t19-,22+/m0/s1. The van der Waals surface area contributed by atoms with Gasteiger partial charge < -0.3 is 14.4 Å². The fraction of sp³-hybridized carbons (Fsp3) is 0.480. The Hall–Kier alpha value is -2.29. The minimum absolute atomic E-state index is 0.116. The van der Waals surface area contributed by atoms with E-state index in [4.69, 9.17) is 21.1 Å². The third kappa shape index (κ3) is 5.34. The lowest BCUT2D eigenvalue weighted by atomic mass is 9.73. The van der Waals surface area contributed by atoms with Gasteiger partial charge in [0.15, 0.2) is 0 Å². The molecule has 1 heterocycles. The lowest BCUT2D eigenvalue weighted by Crippen LogP contribution is -2.42. The second-order valence-electron chi connectivity index (χ2n) is 8.90. The largest absolute Gasteiger partial charge is 0.491 e. The van der Waals surface area contributed by atoms with E-state index in [0.29, 0.717) is 36.2 Å². The monoisotopic (exact) mass is 506 g/mol. The molecule has 4 rings (SSSR count). The van der Waals surface area contributed by atoms with Gasteiger partial charge in [-0.1, -0.05) is 17.7 Å². The number of methoxy groups -OCH3 is 1. The molecule has 0 saturated heterocycles. The maximum absolute atomic E-state index is 12.6. The van der Waals surface area contributed by atoms with Gasteiger partial charge >= 0.3 is 5.97 Å². The molecule has 1 aliphatic carbocycles. The Bertz CT molecular complexity index is 1150. The van der Waals surface area contributed by atoms with Crippen LogP contribution in [-0.4, -0.2) is 41.7 Å². The first-order valence-electron chi connectivity index (χ1n) is 11.6. The number of hydrogen-bond donors (Lipinski definition) is 1. The van der Waals surface area contributed by atoms with Crippen LogP contribution >= 0.6 is 11.6 Å². The van der Waals surface area contributed by atoms with Gasteiger partial charge in [0.1, 0.15) is 5.75 Å². The van der Waals surface area contributed by atoms with Crippen LogP contribution in [0.25, 0.3) is 0 Å². The first-order valence-corrected chi connectivity index (χ1v) is 13.5. The molecule has 2 aromatic rings. The number of nitrogens with one attached hydrogen (secondary N) is 1. The predicted molar refractivity (Wildman–Crippen MR) is 132 cm³/mol. The molecule has 1 saturated carbocycles. The molecule has 0 amide bonds. The summed E-state index contributed by atoms with van der Waals surface area (Å²) in [4.78, 5) is 14.6. The second kappa shape index (κ2) is 10.5. The molecule has 1 N–H and O–H groups in total. The van der Waals surface area contributed by atoms with Crippen molar-refractivity contribution >= 4 is 33.3 Å². The molecule has 1 aliphatic heterocycles. The molecular weight excluding hydrogens is 476 g/mol. The van der Waals surface area contributed by atoms with Crippen LogP contribution in [0.3, 0.4) is 0 Å². The zero-order valence-electron chi connectivity index (χ0n) is 19.6. The van der Waals surface area contributed by atoms with Gasteiger partial charge in [0.2, 0.25) is 10.0 Å². The number of halogens is 1. The number of ether oxygens (including phenoxy) is 2. The van der Waals surface area contributed by atoms with Gasteiger partial charge in [-0.15, -0.1) is 0 Å². The molecule has 2 aliphatic rings. The molecule has 0 aromatic heterocycles. The molecule has 0 bridgehead atoms. The summed E-state index contributed by atoms with van der Waals surface area (Å²) in [5.41, 5.74) is 3.01. The lowest BCUT2D eigenvalue weighted by molar-refractivity contribution is -0.151. The Labute approximate surface area is 206 Å². The van der Waals surface area contributed by atoms with E-state index >= 15 is 0 Å². The molecule has 0 radical (unpaired) electrons. The Kier molecular flexibility index (Phi) is 7.70. The summed E-state index contributed by atoms with van der Waals surface area (Å²) in [7, 11) is -0.820. The number of sulfonamides is 1. The van der Waals surface area contributed by atoms with E-state index < -0.39 is 10.0 Å². The van der Waals surface area contributed by atoms with Crippen LogP contribution in [0.2, 0.25) is 5.02 Å². The zero-order valence-corrected chi connectivity index (χ0v) is 21.1. The topological polar surface area (TPSA) is 84.9 Å². The van der Waals surface area contributed by atoms with Gasteiger partial charge in [-0.05, 0) is 86.5 Å². The highest BCUT2D eigenvalue weighted by Gasteiger charge is 2.39. The second-order valence-corrected chi connectivity index (χ2v) is 11.2. The lowest BCUT2D eigenvalue weighted by Gasteiger charge is -2.39. The Morgan fingerprint density at radius 2 is 2.00 bits per heavy atom. The number of carbonyl (C=O) groups is 1. The van der Waals surface area contributed by atoms with E-state index in [1.54, 1.807) is 18.2 Å².